The summed E-state index contributed by atoms with van der Waals surface area (Å²) in [5.74, 6) is 0. The Bertz CT molecular complexity index is 482. The van der Waals surface area contributed by atoms with E-state index in [1.165, 1.54) is 12.1 Å². The highest BCUT2D eigenvalue weighted by molar-refractivity contribution is 9.10. The van der Waals surface area contributed by atoms with Gasteiger partial charge in [0.2, 0.25) is 0 Å². The van der Waals surface area contributed by atoms with Gasteiger partial charge in [-0.15, -0.1) is 0 Å². The van der Waals surface area contributed by atoms with Crippen molar-refractivity contribution in [3.63, 3.8) is 0 Å². The van der Waals surface area contributed by atoms with Crippen LogP contribution in [-0.2, 0) is 4.74 Å². The Hall–Kier alpha value is -1.63. The lowest BCUT2D eigenvalue weighted by atomic mass is 10.2. The van der Waals surface area contributed by atoms with Crippen molar-refractivity contribution in [3.05, 3.63) is 32.8 Å². The Kier molecular flexibility index (Phi) is 4.28. The Balaban J connectivity index is 2.97. The highest BCUT2D eigenvalue weighted by Gasteiger charge is 2.22. The van der Waals surface area contributed by atoms with Crippen LogP contribution in [0.3, 0.4) is 0 Å². The zero-order valence-corrected chi connectivity index (χ0v) is 11.8. The molecule has 18 heavy (non-hydrogen) atoms. The highest BCUT2D eigenvalue weighted by atomic mass is 79.9. The Morgan fingerprint density at radius 1 is 1.44 bits per heavy atom. The summed E-state index contributed by atoms with van der Waals surface area (Å²) in [6.07, 6.45) is -0.738. The van der Waals surface area contributed by atoms with Crippen LogP contribution in [0.1, 0.15) is 20.8 Å². The van der Waals surface area contributed by atoms with Crippen LogP contribution in [0.15, 0.2) is 22.7 Å². The maximum Gasteiger partial charge on any atom is 0.412 e. The molecule has 1 rings (SSSR count). The lowest BCUT2D eigenvalue weighted by Crippen LogP contribution is -2.27. The molecule has 98 valence electrons. The zero-order valence-electron chi connectivity index (χ0n) is 10.2. The number of nitrogens with one attached hydrogen (secondary N) is 1. The molecule has 6 nitrogen and oxygen atoms in total. The first-order valence-electron chi connectivity index (χ1n) is 5.13. The van der Waals surface area contributed by atoms with Gasteiger partial charge in [0.15, 0.2) is 0 Å². The highest BCUT2D eigenvalue weighted by Crippen LogP contribution is 2.32. The minimum Gasteiger partial charge on any atom is -0.444 e. The molecule has 1 aromatic carbocycles. The molecule has 0 heterocycles. The number of hydrogen-bond donors (Lipinski definition) is 1. The summed E-state index contributed by atoms with van der Waals surface area (Å²) < 4.78 is 5.46. The molecule has 0 unspecified atom stereocenters. The number of benzene rings is 1. The van der Waals surface area contributed by atoms with Crippen molar-refractivity contribution >= 4 is 33.4 Å². The number of anilines is 1. The fourth-order valence-electron chi connectivity index (χ4n) is 1.19. The van der Waals surface area contributed by atoms with Gasteiger partial charge in [0.25, 0.3) is 5.69 Å². The number of ether oxygens (including phenoxy) is 1. The molecule has 0 fully saturated rings. The summed E-state index contributed by atoms with van der Waals surface area (Å²) in [4.78, 5) is 21.8. The molecule has 0 spiro atoms. The molecule has 0 atom stereocenters. The number of carbonyl (C=O) groups is 1. The molecule has 1 N–H and O–H groups in total. The molecule has 7 heteroatoms. The van der Waals surface area contributed by atoms with Crippen molar-refractivity contribution in [2.75, 3.05) is 5.32 Å². The normalized spacial score (nSPS) is 10.9. The first-order valence-corrected chi connectivity index (χ1v) is 5.93. The SMILES string of the molecule is CC(C)(C)OC(=O)Nc1c(Br)cccc1[N+](=O)[O-]. The Morgan fingerprint density at radius 2 is 2.06 bits per heavy atom. The monoisotopic (exact) mass is 316 g/mol. The van der Waals surface area contributed by atoms with Crippen LogP contribution >= 0.6 is 15.9 Å². The summed E-state index contributed by atoms with van der Waals surface area (Å²) in [7, 11) is 0. The molecule has 0 radical (unpaired) electrons. The molecule has 0 saturated carbocycles. The van der Waals surface area contributed by atoms with E-state index in [0.29, 0.717) is 4.47 Å². The lowest BCUT2D eigenvalue weighted by Gasteiger charge is -2.19. The van der Waals surface area contributed by atoms with Crippen LogP contribution in [0, 0.1) is 10.1 Å². The molecule has 0 bridgehead atoms. The van der Waals surface area contributed by atoms with Gasteiger partial charge in [-0.25, -0.2) is 4.79 Å². The van der Waals surface area contributed by atoms with Gasteiger partial charge in [0.1, 0.15) is 11.3 Å². The topological polar surface area (TPSA) is 81.5 Å². The van der Waals surface area contributed by atoms with Crippen LogP contribution in [-0.4, -0.2) is 16.6 Å². The third-order valence-electron chi connectivity index (χ3n) is 1.81. The summed E-state index contributed by atoms with van der Waals surface area (Å²) >= 11 is 3.15. The van der Waals surface area contributed by atoms with Gasteiger partial charge < -0.3 is 4.74 Å². The molecule has 0 aliphatic heterocycles. The van der Waals surface area contributed by atoms with E-state index in [1.807, 2.05) is 0 Å². The number of hydrogen-bond acceptors (Lipinski definition) is 4. The third-order valence-corrected chi connectivity index (χ3v) is 2.48. The van der Waals surface area contributed by atoms with E-state index >= 15 is 0 Å². The quantitative estimate of drug-likeness (QED) is 0.666. The molecule has 0 aliphatic rings. The number of carbonyl (C=O) groups excluding carboxylic acids is 1. The predicted molar refractivity (Wildman–Crippen MR) is 70.7 cm³/mol. The number of nitrogens with zero attached hydrogens (tertiary/aromatic N) is 1. The van der Waals surface area contributed by atoms with Crippen LogP contribution in [0.2, 0.25) is 0 Å². The van der Waals surface area contributed by atoms with Gasteiger partial charge in [-0.3, -0.25) is 15.4 Å². The van der Waals surface area contributed by atoms with E-state index < -0.39 is 16.6 Å². The van der Waals surface area contributed by atoms with Gasteiger partial charge in [-0.05, 0) is 42.8 Å². The minimum atomic E-state index is -0.738. The number of nitro benzene ring substituents is 1. The van der Waals surface area contributed by atoms with Crippen LogP contribution in [0.25, 0.3) is 0 Å². The van der Waals surface area contributed by atoms with Crippen molar-refractivity contribution in [3.8, 4) is 0 Å². The van der Waals surface area contributed by atoms with E-state index in [-0.39, 0.29) is 11.4 Å². The second-order valence-corrected chi connectivity index (χ2v) is 5.37. The number of amides is 1. The van der Waals surface area contributed by atoms with Gasteiger partial charge in [0.05, 0.1) is 4.92 Å². The standard InChI is InChI=1S/C11H13BrN2O4/c1-11(2,3)18-10(15)13-9-7(12)5-4-6-8(9)14(16)17/h4-6H,1-3H3,(H,13,15). The van der Waals surface area contributed by atoms with Crippen LogP contribution < -0.4 is 5.32 Å². The number of para-hydroxylation sites is 1. The summed E-state index contributed by atoms with van der Waals surface area (Å²) in [6, 6.07) is 4.42. The van der Waals surface area contributed by atoms with Gasteiger partial charge in [-0.2, -0.15) is 0 Å². The molecule has 1 amide bonds. The lowest BCUT2D eigenvalue weighted by molar-refractivity contribution is -0.384. The molecule has 1 aromatic rings. The second-order valence-electron chi connectivity index (χ2n) is 4.52. The van der Waals surface area contributed by atoms with Crippen molar-refractivity contribution in [2.24, 2.45) is 0 Å². The van der Waals surface area contributed by atoms with Gasteiger partial charge in [0, 0.05) is 10.5 Å². The van der Waals surface area contributed by atoms with E-state index in [4.69, 9.17) is 4.74 Å². The second kappa shape index (κ2) is 5.34. The maximum atomic E-state index is 11.6. The first-order chi connectivity index (χ1) is 8.20. The van der Waals surface area contributed by atoms with E-state index in [0.717, 1.165) is 0 Å². The largest absolute Gasteiger partial charge is 0.444 e. The fourth-order valence-corrected chi connectivity index (χ4v) is 1.65. The number of rotatable bonds is 2. The maximum absolute atomic E-state index is 11.6. The smallest absolute Gasteiger partial charge is 0.412 e. The molecular weight excluding hydrogens is 304 g/mol. The summed E-state index contributed by atoms with van der Waals surface area (Å²) in [5.41, 5.74) is -0.785. The zero-order chi connectivity index (χ0) is 13.9. The fraction of sp³-hybridized carbons (Fsp3) is 0.364. The van der Waals surface area contributed by atoms with Crippen molar-refractivity contribution in [1.29, 1.82) is 0 Å². The summed E-state index contributed by atoms with van der Waals surface area (Å²) in [5, 5.41) is 13.2. The van der Waals surface area contributed by atoms with E-state index in [1.54, 1.807) is 26.8 Å². The minimum absolute atomic E-state index is 0.0803. The predicted octanol–water partition coefficient (Wildman–Crippen LogP) is 3.70. The van der Waals surface area contributed by atoms with E-state index in [2.05, 4.69) is 21.2 Å². The molecular formula is C11H13BrN2O4. The van der Waals surface area contributed by atoms with Crippen molar-refractivity contribution < 1.29 is 14.5 Å². The average molecular weight is 317 g/mol. The van der Waals surface area contributed by atoms with E-state index in [9.17, 15) is 14.9 Å². The Labute approximate surface area is 113 Å². The molecule has 0 aliphatic carbocycles. The van der Waals surface area contributed by atoms with Gasteiger partial charge >= 0.3 is 6.09 Å². The van der Waals surface area contributed by atoms with Crippen LogP contribution in [0.4, 0.5) is 16.2 Å². The Morgan fingerprint density at radius 3 is 2.56 bits per heavy atom. The van der Waals surface area contributed by atoms with Crippen LogP contribution in [0.5, 0.6) is 0 Å². The third kappa shape index (κ3) is 3.99. The first kappa shape index (κ1) is 14.4. The van der Waals surface area contributed by atoms with Crippen molar-refractivity contribution in [1.82, 2.24) is 0 Å². The summed E-state index contributed by atoms with van der Waals surface area (Å²) in [6.45, 7) is 5.13. The number of nitro groups is 1. The molecule has 0 aromatic heterocycles. The van der Waals surface area contributed by atoms with Crippen molar-refractivity contribution in [2.45, 2.75) is 26.4 Å². The average Bonchev–Trinajstić information content (AvgIpc) is 2.17. The van der Waals surface area contributed by atoms with Gasteiger partial charge in [-0.1, -0.05) is 6.07 Å². The molecule has 0 saturated heterocycles. The number of halogens is 1.